The van der Waals surface area contributed by atoms with Gasteiger partial charge in [-0.2, -0.15) is 0 Å². The number of aliphatic carboxylic acids is 1. The summed E-state index contributed by atoms with van der Waals surface area (Å²) in [5, 5.41) is 9.26. The fraction of sp³-hybridized carbons (Fsp3) is 0.667. The maximum absolute atomic E-state index is 11.8. The second-order valence-corrected chi connectivity index (χ2v) is 5.54. The number of rotatable bonds is 12. The van der Waals surface area contributed by atoms with Crippen LogP contribution in [0.4, 0.5) is 0 Å². The van der Waals surface area contributed by atoms with E-state index in [0.29, 0.717) is 12.3 Å². The van der Waals surface area contributed by atoms with E-state index in [1.807, 2.05) is 6.08 Å². The molecule has 0 bridgehead atoms. The van der Waals surface area contributed by atoms with Gasteiger partial charge in [0, 0.05) is 5.57 Å². The van der Waals surface area contributed by atoms with Crippen LogP contribution in [0.25, 0.3) is 0 Å². The molecule has 0 radical (unpaired) electrons. The summed E-state index contributed by atoms with van der Waals surface area (Å²) in [6.45, 7) is 6.30. The van der Waals surface area contributed by atoms with Crippen LogP contribution in [0.5, 0.6) is 0 Å². The molecule has 0 aromatic rings. The monoisotopic (exact) mass is 294 g/mol. The van der Waals surface area contributed by atoms with Gasteiger partial charge in [-0.05, 0) is 30.9 Å². The Kier molecular flexibility index (Phi) is 11.6. The third kappa shape index (κ3) is 10.1. The molecule has 0 spiro atoms. The average Bonchev–Trinajstić information content (AvgIpc) is 2.46. The first-order valence-electron chi connectivity index (χ1n) is 8.19. The van der Waals surface area contributed by atoms with Crippen LogP contribution in [-0.4, -0.2) is 16.9 Å². The SMILES string of the molecule is CCCCC=CC(=O)C=C(CC(CC)CCCC)C(=O)O. The van der Waals surface area contributed by atoms with Gasteiger partial charge in [0.05, 0.1) is 0 Å². The zero-order chi connectivity index (χ0) is 16.1. The van der Waals surface area contributed by atoms with Crippen molar-refractivity contribution in [2.45, 2.75) is 72.1 Å². The first-order valence-corrected chi connectivity index (χ1v) is 8.19. The third-order valence-corrected chi connectivity index (χ3v) is 3.65. The number of carboxylic acid groups (broad SMARTS) is 1. The highest BCUT2D eigenvalue weighted by Crippen LogP contribution is 2.21. The van der Waals surface area contributed by atoms with E-state index in [4.69, 9.17) is 0 Å². The van der Waals surface area contributed by atoms with E-state index in [1.54, 1.807) is 0 Å². The van der Waals surface area contributed by atoms with Gasteiger partial charge in [-0.1, -0.05) is 65.4 Å². The molecule has 0 heterocycles. The largest absolute Gasteiger partial charge is 0.478 e. The van der Waals surface area contributed by atoms with Crippen molar-refractivity contribution in [3.63, 3.8) is 0 Å². The molecule has 1 N–H and O–H groups in total. The first kappa shape index (κ1) is 19.6. The lowest BCUT2D eigenvalue weighted by molar-refractivity contribution is -0.133. The molecule has 1 atom stereocenters. The van der Waals surface area contributed by atoms with Gasteiger partial charge in [0.25, 0.3) is 0 Å². The summed E-state index contributed by atoms with van der Waals surface area (Å²) in [5.41, 5.74) is 0.239. The number of carbonyl (C=O) groups is 2. The Labute approximate surface area is 129 Å². The van der Waals surface area contributed by atoms with Crippen molar-refractivity contribution < 1.29 is 14.7 Å². The van der Waals surface area contributed by atoms with Crippen molar-refractivity contribution >= 4 is 11.8 Å². The lowest BCUT2D eigenvalue weighted by atomic mass is 9.91. The van der Waals surface area contributed by atoms with E-state index in [2.05, 4.69) is 20.8 Å². The molecule has 0 saturated heterocycles. The molecule has 1 unspecified atom stereocenters. The number of hydrogen-bond donors (Lipinski definition) is 1. The second kappa shape index (κ2) is 12.4. The quantitative estimate of drug-likeness (QED) is 0.410. The summed E-state index contributed by atoms with van der Waals surface area (Å²) in [5.74, 6) is -0.835. The molecule has 0 aromatic carbocycles. The van der Waals surface area contributed by atoms with Crippen molar-refractivity contribution in [3.05, 3.63) is 23.8 Å². The smallest absolute Gasteiger partial charge is 0.331 e. The number of ketones is 1. The zero-order valence-electron chi connectivity index (χ0n) is 13.7. The predicted octanol–water partition coefficient (Wildman–Crippen LogP) is 4.92. The highest BCUT2D eigenvalue weighted by atomic mass is 16.4. The molecule has 120 valence electrons. The number of unbranched alkanes of at least 4 members (excludes halogenated alkanes) is 3. The van der Waals surface area contributed by atoms with Gasteiger partial charge in [-0.25, -0.2) is 4.79 Å². The Balaban J connectivity index is 4.64. The normalized spacial score (nSPS) is 13.6. The van der Waals surface area contributed by atoms with Gasteiger partial charge in [-0.3, -0.25) is 4.79 Å². The van der Waals surface area contributed by atoms with Crippen LogP contribution >= 0.6 is 0 Å². The topological polar surface area (TPSA) is 54.4 Å². The van der Waals surface area contributed by atoms with Gasteiger partial charge < -0.3 is 5.11 Å². The average molecular weight is 294 g/mol. The maximum Gasteiger partial charge on any atom is 0.331 e. The van der Waals surface area contributed by atoms with Crippen molar-refractivity contribution in [1.29, 1.82) is 0 Å². The molecule has 3 heteroatoms. The summed E-state index contributed by atoms with van der Waals surface area (Å²) in [7, 11) is 0. The summed E-state index contributed by atoms with van der Waals surface area (Å²) in [4.78, 5) is 23.1. The molecule has 0 aliphatic rings. The number of allylic oxidation sites excluding steroid dienone is 3. The van der Waals surface area contributed by atoms with Gasteiger partial charge in [0.2, 0.25) is 0 Å². The van der Waals surface area contributed by atoms with Crippen molar-refractivity contribution in [3.8, 4) is 0 Å². The van der Waals surface area contributed by atoms with Crippen molar-refractivity contribution in [1.82, 2.24) is 0 Å². The van der Waals surface area contributed by atoms with Crippen LogP contribution in [0, 0.1) is 5.92 Å². The molecular weight excluding hydrogens is 264 g/mol. The molecule has 0 aromatic heterocycles. The van der Waals surface area contributed by atoms with Crippen LogP contribution in [0.2, 0.25) is 0 Å². The van der Waals surface area contributed by atoms with Crippen LogP contribution in [0.3, 0.4) is 0 Å². The third-order valence-electron chi connectivity index (χ3n) is 3.65. The van der Waals surface area contributed by atoms with Gasteiger partial charge in [-0.15, -0.1) is 0 Å². The highest BCUT2D eigenvalue weighted by molar-refractivity contribution is 6.04. The number of carboxylic acids is 1. The number of hydrogen-bond acceptors (Lipinski definition) is 2. The van der Waals surface area contributed by atoms with Crippen LogP contribution in [0.1, 0.15) is 72.1 Å². The van der Waals surface area contributed by atoms with E-state index in [1.165, 1.54) is 12.2 Å². The summed E-state index contributed by atoms with van der Waals surface area (Å²) in [6, 6.07) is 0. The molecule has 3 nitrogen and oxygen atoms in total. The molecule has 0 aliphatic carbocycles. The molecule has 21 heavy (non-hydrogen) atoms. The Morgan fingerprint density at radius 1 is 1.10 bits per heavy atom. The molecular formula is C18H30O3. The standard InChI is InChI=1S/C18H30O3/c1-4-7-9-10-12-17(19)14-16(18(20)21)13-15(6-3)11-8-5-2/h10,12,14-15H,4-9,11,13H2,1-3H3,(H,20,21). The van der Waals surface area contributed by atoms with Gasteiger partial charge in [0.15, 0.2) is 5.78 Å². The van der Waals surface area contributed by atoms with Crippen LogP contribution in [0.15, 0.2) is 23.8 Å². The molecule has 0 saturated carbocycles. The maximum atomic E-state index is 11.8. The fourth-order valence-electron chi connectivity index (χ4n) is 2.20. The van der Waals surface area contributed by atoms with Crippen LogP contribution in [-0.2, 0) is 9.59 Å². The van der Waals surface area contributed by atoms with Crippen molar-refractivity contribution in [2.24, 2.45) is 5.92 Å². The molecule has 0 rings (SSSR count). The fourth-order valence-corrected chi connectivity index (χ4v) is 2.20. The Morgan fingerprint density at radius 2 is 1.76 bits per heavy atom. The van der Waals surface area contributed by atoms with E-state index < -0.39 is 5.97 Å². The van der Waals surface area contributed by atoms with E-state index >= 15 is 0 Å². The molecule has 0 fully saturated rings. The lowest BCUT2D eigenvalue weighted by Crippen LogP contribution is -2.09. The minimum Gasteiger partial charge on any atom is -0.478 e. The van der Waals surface area contributed by atoms with E-state index in [-0.39, 0.29) is 11.4 Å². The summed E-state index contributed by atoms with van der Waals surface area (Å²) < 4.78 is 0. The van der Waals surface area contributed by atoms with E-state index in [9.17, 15) is 14.7 Å². The summed E-state index contributed by atoms with van der Waals surface area (Å²) in [6.07, 6.45) is 12.3. The van der Waals surface area contributed by atoms with Crippen molar-refractivity contribution in [2.75, 3.05) is 0 Å². The van der Waals surface area contributed by atoms with Crippen LogP contribution < -0.4 is 0 Å². The Hall–Kier alpha value is -1.38. The Morgan fingerprint density at radius 3 is 2.29 bits per heavy atom. The predicted molar refractivity (Wildman–Crippen MR) is 87.3 cm³/mol. The Bertz CT molecular complexity index is 367. The minimum atomic E-state index is -0.972. The second-order valence-electron chi connectivity index (χ2n) is 5.54. The van der Waals surface area contributed by atoms with Gasteiger partial charge >= 0.3 is 5.97 Å². The lowest BCUT2D eigenvalue weighted by Gasteiger charge is -2.14. The van der Waals surface area contributed by atoms with E-state index in [0.717, 1.165) is 44.9 Å². The summed E-state index contributed by atoms with van der Waals surface area (Å²) >= 11 is 0. The molecule has 0 amide bonds. The number of carbonyl (C=O) groups excluding carboxylic acids is 1. The van der Waals surface area contributed by atoms with Gasteiger partial charge in [0.1, 0.15) is 0 Å². The highest BCUT2D eigenvalue weighted by Gasteiger charge is 2.15. The minimum absolute atomic E-state index is 0.214. The molecule has 0 aliphatic heterocycles. The first-order chi connectivity index (χ1) is 10.0. The zero-order valence-corrected chi connectivity index (χ0v) is 13.7.